The van der Waals surface area contributed by atoms with Crippen molar-refractivity contribution in [3.8, 4) is 28.2 Å². The van der Waals surface area contributed by atoms with Crippen LogP contribution in [0.15, 0.2) is 88.1 Å². The summed E-state index contributed by atoms with van der Waals surface area (Å²) in [6.07, 6.45) is 46.3. The third kappa shape index (κ3) is 40.6. The highest BCUT2D eigenvalue weighted by Gasteiger charge is 2.23. The number of aryl methyl sites for hydroxylation is 1. The molecule has 0 saturated carbocycles. The number of ether oxygens (including phenoxy) is 3. The van der Waals surface area contributed by atoms with E-state index in [0.29, 0.717) is 55.3 Å². The average Bonchev–Trinajstić information content (AvgIpc) is 0.755. The zero-order valence-electron chi connectivity index (χ0n) is 58.0. The number of anilines is 1. The maximum Gasteiger partial charge on any atom is 0.325 e. The molecule has 16 nitrogen and oxygen atoms in total. The van der Waals surface area contributed by atoms with Crippen molar-refractivity contribution in [2.24, 2.45) is 0 Å². The largest absolute Gasteiger partial charge is 0.508 e. The number of thiocarbonyl (C=S) groups is 1. The summed E-state index contributed by atoms with van der Waals surface area (Å²) in [4.78, 5) is 70.1. The van der Waals surface area contributed by atoms with E-state index >= 15 is 0 Å². The second-order valence-electron chi connectivity index (χ2n) is 25.0. The SMILES string of the molecule is CCCCCCCC/C=C\CCCCCCCC(=O)OCC(COP(C)(=O)O)OC(=O)CCCCCCC/C=C\CCCCCCCC.COCCCC(=O)CCCCC(=O)NCCCCCNC(=S)Nc1ccc(-c2c3ccc(=O)cc-3oc3cc(O)ccc23)c(C)c1. The Kier molecular flexibility index (Phi) is 46.1. The van der Waals surface area contributed by atoms with Gasteiger partial charge in [0.05, 0.1) is 6.61 Å². The molecule has 1 aliphatic carbocycles. The van der Waals surface area contributed by atoms with E-state index in [9.17, 15) is 38.5 Å². The molecule has 2 aromatic rings. The van der Waals surface area contributed by atoms with E-state index in [2.05, 4.69) is 54.1 Å². The Labute approximate surface area is 569 Å². The van der Waals surface area contributed by atoms with E-state index in [1.54, 1.807) is 25.3 Å². The van der Waals surface area contributed by atoms with Crippen molar-refractivity contribution in [3.63, 3.8) is 0 Å². The topological polar surface area (TPSA) is 229 Å². The Morgan fingerprint density at radius 2 is 1.12 bits per heavy atom. The van der Waals surface area contributed by atoms with Gasteiger partial charge in [0.25, 0.3) is 0 Å². The number of hydrogen-bond acceptors (Lipinski definition) is 13. The molecular weight excluding hydrogens is 1230 g/mol. The second-order valence-corrected chi connectivity index (χ2v) is 27.3. The molecule has 526 valence electrons. The lowest BCUT2D eigenvalue weighted by Crippen LogP contribution is -2.29. The number of carbonyl (C=O) groups excluding carboxylic acids is 4. The molecule has 0 bridgehead atoms. The van der Waals surface area contributed by atoms with E-state index < -0.39 is 19.7 Å². The van der Waals surface area contributed by atoms with Crippen molar-refractivity contribution in [2.75, 3.05) is 52.0 Å². The van der Waals surface area contributed by atoms with Gasteiger partial charge >= 0.3 is 19.5 Å². The van der Waals surface area contributed by atoms with Gasteiger partial charge < -0.3 is 49.1 Å². The number of Topliss-reactive ketones (excluding diaryl/α,β-unsaturated/α-hetero) is 1. The number of phenolic OH excluding ortho intramolecular Hbond substituents is 1. The van der Waals surface area contributed by atoms with Crippen LogP contribution in [0.1, 0.15) is 257 Å². The zero-order chi connectivity index (χ0) is 68.3. The van der Waals surface area contributed by atoms with Gasteiger partial charge in [0.1, 0.15) is 29.5 Å². The summed E-state index contributed by atoms with van der Waals surface area (Å²) >= 11 is 5.51. The minimum atomic E-state index is -3.75. The van der Waals surface area contributed by atoms with Crippen LogP contribution in [0.4, 0.5) is 5.69 Å². The lowest BCUT2D eigenvalue weighted by molar-refractivity contribution is -0.161. The van der Waals surface area contributed by atoms with Crippen LogP contribution in [0.2, 0.25) is 0 Å². The first-order chi connectivity index (χ1) is 45.5. The number of benzene rings is 3. The van der Waals surface area contributed by atoms with Crippen molar-refractivity contribution < 1.29 is 56.9 Å². The number of esters is 2. The Bertz CT molecular complexity index is 2880. The maximum atomic E-state index is 12.4. The second kappa shape index (κ2) is 52.5. The van der Waals surface area contributed by atoms with Crippen molar-refractivity contribution in [3.05, 3.63) is 94.7 Å². The molecule has 94 heavy (non-hydrogen) atoms. The highest BCUT2D eigenvalue weighted by atomic mass is 32.1. The Morgan fingerprint density at radius 3 is 1.70 bits per heavy atom. The molecule has 1 aliphatic heterocycles. The number of nitrogens with one attached hydrogen (secondary N) is 3. The van der Waals surface area contributed by atoms with Gasteiger partial charge in [0.15, 0.2) is 16.6 Å². The third-order valence-corrected chi connectivity index (χ3v) is 17.2. The molecule has 18 heteroatoms. The van der Waals surface area contributed by atoms with Gasteiger partial charge in [-0.1, -0.05) is 147 Å². The minimum Gasteiger partial charge on any atom is -0.508 e. The van der Waals surface area contributed by atoms with Crippen molar-refractivity contribution >= 4 is 65.2 Å². The van der Waals surface area contributed by atoms with E-state index in [4.69, 9.17) is 35.4 Å². The standard InChI is InChI=1S/C40H75O7P.C36H43N3O6S/c1-4-6-8-10-12-14-16-18-20-22-24-26-28-30-32-34-39(41)45-36-38(37-46-48(3,43)44)47-40(42)35-33-31-29-27-25-23-21-19-17-15-13-11-9-7-5-2;1-24-21-25(12-15-29(24)35-30-16-13-27(41)22-32(30)45-33-23-28(42)14-17-31(33)35)39-36(46)38-19-7-3-6-18-37-34(43)11-5-4-9-26(40)10-8-20-44-2/h18-21,38H,4-17,22-37H2,1-3H3,(H,43,44);12-17,21-23,41H,3-11,18-20H2,1-2H3,(H,37,43)(H2,38,39,46)/b20-18-,21-19-;. The number of hydrogen-bond donors (Lipinski definition) is 5. The maximum absolute atomic E-state index is 12.4. The molecule has 2 atom stereocenters. The molecule has 4 rings (SSSR count). The van der Waals surface area contributed by atoms with E-state index in [1.807, 2.05) is 31.2 Å². The van der Waals surface area contributed by atoms with Gasteiger partial charge in [-0.05, 0) is 169 Å². The normalized spacial score (nSPS) is 12.4. The van der Waals surface area contributed by atoms with Gasteiger partial charge in [-0.2, -0.15) is 0 Å². The Hall–Kier alpha value is -5.71. The van der Waals surface area contributed by atoms with E-state index in [0.717, 1.165) is 156 Å². The molecule has 0 aromatic heterocycles. The summed E-state index contributed by atoms with van der Waals surface area (Å²) in [6, 6.07) is 15.8. The van der Waals surface area contributed by atoms with Gasteiger partial charge in [0.2, 0.25) is 5.91 Å². The van der Waals surface area contributed by atoms with Gasteiger partial charge in [0, 0.05) is 99.9 Å². The molecule has 1 heterocycles. The fourth-order valence-corrected chi connectivity index (χ4v) is 11.6. The summed E-state index contributed by atoms with van der Waals surface area (Å²) in [5, 5.41) is 20.9. The number of fused-ring (bicyclic) bond motifs is 2. The molecule has 2 unspecified atom stereocenters. The number of allylic oxidation sites excluding steroid dienone is 4. The van der Waals surface area contributed by atoms with E-state index in [-0.39, 0.29) is 48.5 Å². The van der Waals surface area contributed by atoms with E-state index in [1.165, 1.54) is 108 Å². The number of unbranched alkanes of at least 4 members (excludes halogenated alkanes) is 25. The Morgan fingerprint density at radius 1 is 0.596 bits per heavy atom. The fraction of sp³-hybridized carbons (Fsp3) is 0.632. The van der Waals surface area contributed by atoms with Crippen molar-refractivity contribution in [2.45, 2.75) is 264 Å². The van der Waals surface area contributed by atoms with Gasteiger partial charge in [-0.3, -0.25) is 28.5 Å². The van der Waals surface area contributed by atoms with Crippen LogP contribution in [0, 0.1) is 6.92 Å². The smallest absolute Gasteiger partial charge is 0.325 e. The van der Waals surface area contributed by atoms with Crippen LogP contribution in [-0.2, 0) is 42.5 Å². The van der Waals surface area contributed by atoms with Crippen LogP contribution >= 0.6 is 19.8 Å². The van der Waals surface area contributed by atoms with Crippen molar-refractivity contribution in [1.82, 2.24) is 10.6 Å². The lowest BCUT2D eigenvalue weighted by atomic mass is 9.91. The van der Waals surface area contributed by atoms with Crippen LogP contribution < -0.4 is 21.4 Å². The first-order valence-electron chi connectivity index (χ1n) is 35.8. The monoisotopic (exact) mass is 1340 g/mol. The molecule has 0 spiro atoms. The number of phenols is 1. The van der Waals surface area contributed by atoms with Crippen LogP contribution in [0.5, 0.6) is 5.75 Å². The molecule has 0 fully saturated rings. The summed E-state index contributed by atoms with van der Waals surface area (Å²) < 4.78 is 38.3. The molecule has 0 radical (unpaired) electrons. The molecule has 2 aromatic carbocycles. The number of rotatable bonds is 53. The highest BCUT2D eigenvalue weighted by Crippen LogP contribution is 2.42. The molecule has 0 saturated heterocycles. The summed E-state index contributed by atoms with van der Waals surface area (Å²) in [6.45, 7) is 9.10. The number of amides is 1. The molecule has 2 aliphatic rings. The van der Waals surface area contributed by atoms with Crippen molar-refractivity contribution in [1.29, 1.82) is 0 Å². The molecular formula is C76H118N3O13PS. The van der Waals surface area contributed by atoms with Crippen LogP contribution in [0.25, 0.3) is 33.4 Å². The number of aromatic hydroxyl groups is 1. The predicted molar refractivity (Wildman–Crippen MR) is 388 cm³/mol. The van der Waals surface area contributed by atoms with Gasteiger partial charge in [-0.25, -0.2) is 0 Å². The minimum absolute atomic E-state index is 0.0381. The average molecular weight is 1340 g/mol. The summed E-state index contributed by atoms with van der Waals surface area (Å²) in [5.41, 5.74) is 4.94. The fourth-order valence-electron chi connectivity index (χ4n) is 11.0. The Balaban J connectivity index is 0.000000490. The predicted octanol–water partition coefficient (Wildman–Crippen LogP) is 19.1. The molecule has 5 N–H and O–H groups in total. The quantitative estimate of drug-likeness (QED) is 0.00691. The first-order valence-corrected chi connectivity index (χ1v) is 38.2. The lowest BCUT2D eigenvalue weighted by Gasteiger charge is -2.19. The highest BCUT2D eigenvalue weighted by molar-refractivity contribution is 7.80. The van der Waals surface area contributed by atoms with Crippen LogP contribution in [0.3, 0.4) is 0 Å². The summed E-state index contributed by atoms with van der Waals surface area (Å²) in [7, 11) is -2.12. The summed E-state index contributed by atoms with van der Waals surface area (Å²) in [5.74, 6) is 0.0698. The number of methoxy groups -OCH3 is 1. The van der Waals surface area contributed by atoms with Crippen LogP contribution in [-0.4, -0.2) is 91.5 Å². The number of carbonyl (C=O) groups is 4. The third-order valence-electron chi connectivity index (χ3n) is 16.3. The first kappa shape index (κ1) is 82.5. The molecule has 1 amide bonds. The zero-order valence-corrected chi connectivity index (χ0v) is 59.7. The number of ketones is 1. The van der Waals surface area contributed by atoms with Gasteiger partial charge in [-0.15, -0.1) is 0 Å².